The van der Waals surface area contributed by atoms with Crippen molar-refractivity contribution in [2.24, 2.45) is 17.4 Å². The van der Waals surface area contributed by atoms with Crippen molar-refractivity contribution in [2.45, 2.75) is 31.8 Å². The fourth-order valence-corrected chi connectivity index (χ4v) is 3.78. The number of carbonyl (C=O) groups excluding carboxylic acids is 1. The van der Waals surface area contributed by atoms with Crippen LogP contribution < -0.4 is 11.5 Å². The number of nitrogens with one attached hydrogen (secondary N) is 1. The number of nitrogens with two attached hydrogens (primary N) is 2. The van der Waals surface area contributed by atoms with Gasteiger partial charge < -0.3 is 20.9 Å². The third-order valence-electron chi connectivity index (χ3n) is 5.08. The van der Waals surface area contributed by atoms with Gasteiger partial charge in [-0.05, 0) is 54.7 Å². The van der Waals surface area contributed by atoms with Crippen molar-refractivity contribution in [3.8, 4) is 0 Å². The molecule has 1 atom stereocenters. The van der Waals surface area contributed by atoms with E-state index in [1.54, 1.807) is 18.2 Å². The first-order chi connectivity index (χ1) is 11.5. The highest BCUT2D eigenvalue weighted by atomic mass is 16.3. The molecule has 124 valence electrons. The van der Waals surface area contributed by atoms with Crippen LogP contribution >= 0.6 is 0 Å². The Kier molecular flexibility index (Phi) is 3.37. The molecule has 0 radical (unpaired) electrons. The average molecular weight is 323 g/mol. The Labute approximate surface area is 140 Å². The molecular formula is C19H21N3O2. The topological polar surface area (TPSA) is 98.0 Å². The van der Waals surface area contributed by atoms with Crippen molar-refractivity contribution in [1.82, 2.24) is 4.98 Å². The highest BCUT2D eigenvalue weighted by molar-refractivity contribution is 6.09. The van der Waals surface area contributed by atoms with Gasteiger partial charge in [-0.25, -0.2) is 0 Å². The normalized spacial score (nSPS) is 19.4. The Bertz CT molecular complexity index is 906. The van der Waals surface area contributed by atoms with Gasteiger partial charge in [-0.15, -0.1) is 0 Å². The van der Waals surface area contributed by atoms with Crippen LogP contribution in [0.4, 0.5) is 0 Å². The van der Waals surface area contributed by atoms with Crippen LogP contribution in [0.15, 0.2) is 41.0 Å². The van der Waals surface area contributed by atoms with Crippen LogP contribution in [0.25, 0.3) is 10.9 Å². The molecule has 4 rings (SSSR count). The van der Waals surface area contributed by atoms with E-state index in [9.17, 15) is 4.79 Å². The maximum absolute atomic E-state index is 12.5. The highest BCUT2D eigenvalue weighted by Crippen LogP contribution is 2.38. The molecule has 5 heteroatoms. The van der Waals surface area contributed by atoms with Crippen LogP contribution in [0.2, 0.25) is 0 Å². The van der Waals surface area contributed by atoms with E-state index in [0.29, 0.717) is 17.2 Å². The van der Waals surface area contributed by atoms with Crippen LogP contribution in [-0.2, 0) is 12.1 Å². The van der Waals surface area contributed by atoms with E-state index in [-0.39, 0.29) is 5.78 Å². The molecule has 0 aliphatic heterocycles. The first-order valence-electron chi connectivity index (χ1n) is 8.30. The van der Waals surface area contributed by atoms with E-state index >= 15 is 0 Å². The zero-order valence-corrected chi connectivity index (χ0v) is 13.6. The van der Waals surface area contributed by atoms with Crippen molar-refractivity contribution in [3.05, 3.63) is 59.2 Å². The quantitative estimate of drug-likeness (QED) is 0.509. The molecule has 2 heterocycles. The summed E-state index contributed by atoms with van der Waals surface area (Å²) < 4.78 is 5.23. The Balaban J connectivity index is 1.85. The van der Waals surface area contributed by atoms with Gasteiger partial charge in [-0.2, -0.15) is 0 Å². The van der Waals surface area contributed by atoms with E-state index in [1.807, 2.05) is 12.1 Å². The van der Waals surface area contributed by atoms with E-state index in [2.05, 4.69) is 11.9 Å². The number of H-pyrrole nitrogens is 1. The Hall–Kier alpha value is -2.37. The van der Waals surface area contributed by atoms with Crippen LogP contribution in [0, 0.1) is 5.92 Å². The van der Waals surface area contributed by atoms with Gasteiger partial charge in [0, 0.05) is 16.5 Å². The molecule has 0 spiro atoms. The largest absolute Gasteiger partial charge is 0.461 e. The summed E-state index contributed by atoms with van der Waals surface area (Å²) >= 11 is 0. The second kappa shape index (κ2) is 5.33. The standard InChI is InChI=1S/C19H21N3O2/c1-2-11-8-14-13-9-12(17(23)16-4-3-7-24-16)5-6-15(13)22-18(14)19(20,21)10-11/h3-7,9,11,22H,2,8,10,20-21H2,1H3. The van der Waals surface area contributed by atoms with Crippen LogP contribution in [-0.4, -0.2) is 10.8 Å². The average Bonchev–Trinajstić information content (AvgIpc) is 3.21. The van der Waals surface area contributed by atoms with E-state index in [4.69, 9.17) is 15.9 Å². The SMILES string of the molecule is CCC1Cc2c([nH]c3ccc(C(=O)c4ccco4)cc23)C(N)(N)C1. The predicted molar refractivity (Wildman–Crippen MR) is 92.6 cm³/mol. The van der Waals surface area contributed by atoms with Crippen molar-refractivity contribution in [1.29, 1.82) is 0 Å². The second-order valence-electron chi connectivity index (χ2n) is 6.77. The second-order valence-corrected chi connectivity index (χ2v) is 6.77. The third kappa shape index (κ3) is 2.28. The fourth-order valence-electron chi connectivity index (χ4n) is 3.78. The Morgan fingerprint density at radius 2 is 2.21 bits per heavy atom. The number of aromatic amines is 1. The molecule has 0 saturated heterocycles. The van der Waals surface area contributed by atoms with E-state index in [1.165, 1.54) is 6.26 Å². The third-order valence-corrected chi connectivity index (χ3v) is 5.08. The Morgan fingerprint density at radius 3 is 2.92 bits per heavy atom. The van der Waals surface area contributed by atoms with Crippen LogP contribution in [0.3, 0.4) is 0 Å². The minimum Gasteiger partial charge on any atom is -0.461 e. The number of carbonyl (C=O) groups is 1. The lowest BCUT2D eigenvalue weighted by Crippen LogP contribution is -2.50. The van der Waals surface area contributed by atoms with Gasteiger partial charge in [-0.3, -0.25) is 4.79 Å². The summed E-state index contributed by atoms with van der Waals surface area (Å²) in [5.41, 5.74) is 15.5. The van der Waals surface area contributed by atoms with Gasteiger partial charge >= 0.3 is 0 Å². The van der Waals surface area contributed by atoms with Crippen molar-refractivity contribution < 1.29 is 9.21 Å². The first-order valence-corrected chi connectivity index (χ1v) is 8.30. The van der Waals surface area contributed by atoms with Gasteiger partial charge in [0.15, 0.2) is 5.76 Å². The summed E-state index contributed by atoms with van der Waals surface area (Å²) in [6.07, 6.45) is 4.24. The van der Waals surface area contributed by atoms with E-state index < -0.39 is 5.66 Å². The molecule has 0 fully saturated rings. The highest BCUT2D eigenvalue weighted by Gasteiger charge is 2.36. The lowest BCUT2D eigenvalue weighted by atomic mass is 9.79. The van der Waals surface area contributed by atoms with Crippen LogP contribution in [0.1, 0.15) is 47.1 Å². The summed E-state index contributed by atoms with van der Waals surface area (Å²) in [7, 11) is 0. The lowest BCUT2D eigenvalue weighted by Gasteiger charge is -2.34. The molecule has 1 aliphatic rings. The number of benzene rings is 1. The molecule has 3 aromatic rings. The molecule has 1 aromatic carbocycles. The summed E-state index contributed by atoms with van der Waals surface area (Å²) in [6, 6.07) is 9.04. The minimum absolute atomic E-state index is 0.119. The summed E-state index contributed by atoms with van der Waals surface area (Å²) in [5, 5.41) is 1.03. The molecule has 1 aliphatic carbocycles. The summed E-state index contributed by atoms with van der Waals surface area (Å²) in [4.78, 5) is 15.9. The van der Waals surface area contributed by atoms with Gasteiger partial charge in [0.05, 0.1) is 12.0 Å². The predicted octanol–water partition coefficient (Wildman–Crippen LogP) is 3.03. The number of rotatable bonds is 3. The van der Waals surface area contributed by atoms with Crippen molar-refractivity contribution in [2.75, 3.05) is 0 Å². The monoisotopic (exact) mass is 323 g/mol. The molecule has 5 nitrogen and oxygen atoms in total. The zero-order valence-electron chi connectivity index (χ0n) is 13.6. The van der Waals surface area contributed by atoms with Gasteiger partial charge in [0.1, 0.15) is 5.66 Å². The van der Waals surface area contributed by atoms with Crippen LogP contribution in [0.5, 0.6) is 0 Å². The number of aromatic nitrogens is 1. The molecule has 0 bridgehead atoms. The molecule has 24 heavy (non-hydrogen) atoms. The maximum atomic E-state index is 12.5. The van der Waals surface area contributed by atoms with Gasteiger partial charge in [0.25, 0.3) is 0 Å². The molecular weight excluding hydrogens is 302 g/mol. The summed E-state index contributed by atoms with van der Waals surface area (Å²) in [6.45, 7) is 2.16. The number of fused-ring (bicyclic) bond motifs is 3. The maximum Gasteiger partial charge on any atom is 0.228 e. The zero-order chi connectivity index (χ0) is 16.9. The minimum atomic E-state index is -0.849. The molecule has 1 unspecified atom stereocenters. The lowest BCUT2D eigenvalue weighted by molar-refractivity contribution is 0.101. The number of ketones is 1. The van der Waals surface area contributed by atoms with Gasteiger partial charge in [-0.1, -0.05) is 13.3 Å². The fraction of sp³-hybridized carbons (Fsp3) is 0.316. The Morgan fingerprint density at radius 1 is 1.38 bits per heavy atom. The smallest absolute Gasteiger partial charge is 0.228 e. The number of hydrogen-bond donors (Lipinski definition) is 3. The number of hydrogen-bond acceptors (Lipinski definition) is 4. The van der Waals surface area contributed by atoms with Gasteiger partial charge in [0.2, 0.25) is 5.78 Å². The first kappa shape index (κ1) is 15.2. The molecule has 0 saturated carbocycles. The van der Waals surface area contributed by atoms with Crippen molar-refractivity contribution >= 4 is 16.7 Å². The molecule has 0 amide bonds. The molecule has 2 aromatic heterocycles. The van der Waals surface area contributed by atoms with Crippen molar-refractivity contribution in [3.63, 3.8) is 0 Å². The molecule has 5 N–H and O–H groups in total. The van der Waals surface area contributed by atoms with E-state index in [0.717, 1.165) is 41.4 Å². The summed E-state index contributed by atoms with van der Waals surface area (Å²) in [5.74, 6) is 0.680. The number of furan rings is 1.